The number of H-pyrrole nitrogens is 1. The second kappa shape index (κ2) is 6.88. The fourth-order valence-electron chi connectivity index (χ4n) is 4.54. The van der Waals surface area contributed by atoms with Gasteiger partial charge in [-0.3, -0.25) is 10.1 Å². The molecule has 0 aliphatic heterocycles. The smallest absolute Gasteiger partial charge is 0.269 e. The zero-order valence-electron chi connectivity index (χ0n) is 16.8. The lowest BCUT2D eigenvalue weighted by atomic mass is 9.83. The second-order valence-corrected chi connectivity index (χ2v) is 7.65. The zero-order chi connectivity index (χ0) is 20.8. The van der Waals surface area contributed by atoms with E-state index >= 15 is 0 Å². The van der Waals surface area contributed by atoms with Crippen LogP contribution in [0.3, 0.4) is 0 Å². The number of nitrogens with one attached hydrogen (secondary N) is 1. The standard InChI is InChI=1S/C25H21N3O2/c1-16-24(20-8-4-6-10-23(20)27(16)2)25(17-11-13-18(14-12-17)28(29)30)21-15-26-22-9-5-3-7-19(21)22/h3-15,25-26H,1-2H3. The van der Waals surface area contributed by atoms with Crippen LogP contribution in [0.15, 0.2) is 79.0 Å². The fourth-order valence-corrected chi connectivity index (χ4v) is 4.54. The van der Waals surface area contributed by atoms with Crippen molar-refractivity contribution in [1.82, 2.24) is 9.55 Å². The van der Waals surface area contributed by atoms with Gasteiger partial charge in [-0.25, -0.2) is 0 Å². The van der Waals surface area contributed by atoms with Gasteiger partial charge in [0, 0.05) is 58.8 Å². The van der Waals surface area contributed by atoms with Crippen molar-refractivity contribution in [2.75, 3.05) is 0 Å². The average molecular weight is 395 g/mol. The Hall–Kier alpha value is -3.86. The monoisotopic (exact) mass is 395 g/mol. The third-order valence-electron chi connectivity index (χ3n) is 6.11. The van der Waals surface area contributed by atoms with Gasteiger partial charge in [-0.2, -0.15) is 0 Å². The van der Waals surface area contributed by atoms with Crippen molar-refractivity contribution < 1.29 is 4.92 Å². The summed E-state index contributed by atoms with van der Waals surface area (Å²) in [6.45, 7) is 2.14. The van der Waals surface area contributed by atoms with E-state index in [0.29, 0.717) is 0 Å². The lowest BCUT2D eigenvalue weighted by molar-refractivity contribution is -0.384. The lowest BCUT2D eigenvalue weighted by Gasteiger charge is -2.19. The van der Waals surface area contributed by atoms with E-state index in [9.17, 15) is 10.1 Å². The van der Waals surface area contributed by atoms with E-state index < -0.39 is 0 Å². The molecule has 2 aromatic heterocycles. The first-order valence-corrected chi connectivity index (χ1v) is 9.90. The molecule has 1 atom stereocenters. The Morgan fingerprint density at radius 2 is 1.60 bits per heavy atom. The molecule has 3 aromatic carbocycles. The molecule has 0 fully saturated rings. The van der Waals surface area contributed by atoms with E-state index in [2.05, 4.69) is 66.1 Å². The lowest BCUT2D eigenvalue weighted by Crippen LogP contribution is -2.05. The van der Waals surface area contributed by atoms with Crippen LogP contribution >= 0.6 is 0 Å². The quantitative estimate of drug-likeness (QED) is 0.297. The largest absolute Gasteiger partial charge is 0.361 e. The van der Waals surface area contributed by atoms with Crippen LogP contribution in [-0.4, -0.2) is 14.5 Å². The molecule has 5 rings (SSSR count). The molecule has 0 saturated carbocycles. The first kappa shape index (κ1) is 18.2. The molecular formula is C25H21N3O2. The van der Waals surface area contributed by atoms with E-state index in [1.165, 1.54) is 27.7 Å². The molecule has 5 nitrogen and oxygen atoms in total. The van der Waals surface area contributed by atoms with E-state index in [1.807, 2.05) is 24.3 Å². The number of para-hydroxylation sites is 2. The predicted molar refractivity (Wildman–Crippen MR) is 120 cm³/mol. The molecule has 1 N–H and O–H groups in total. The Balaban J connectivity index is 1.82. The molecule has 0 bridgehead atoms. The van der Waals surface area contributed by atoms with Crippen LogP contribution in [-0.2, 0) is 7.05 Å². The van der Waals surface area contributed by atoms with Crippen LogP contribution in [0.5, 0.6) is 0 Å². The highest BCUT2D eigenvalue weighted by Gasteiger charge is 2.26. The van der Waals surface area contributed by atoms with Gasteiger partial charge in [-0.15, -0.1) is 0 Å². The maximum absolute atomic E-state index is 11.2. The minimum atomic E-state index is -0.354. The van der Waals surface area contributed by atoms with Crippen LogP contribution in [0, 0.1) is 17.0 Å². The summed E-state index contributed by atoms with van der Waals surface area (Å²) in [6, 6.07) is 23.6. The number of non-ortho nitro benzene ring substituents is 1. The minimum Gasteiger partial charge on any atom is -0.361 e. The van der Waals surface area contributed by atoms with Gasteiger partial charge in [-0.05, 0) is 35.7 Å². The summed E-state index contributed by atoms with van der Waals surface area (Å²) < 4.78 is 2.22. The third kappa shape index (κ3) is 2.70. The predicted octanol–water partition coefficient (Wildman–Crippen LogP) is 6.06. The molecule has 0 radical (unpaired) electrons. The summed E-state index contributed by atoms with van der Waals surface area (Å²) >= 11 is 0. The van der Waals surface area contributed by atoms with Crippen LogP contribution in [0.1, 0.15) is 28.3 Å². The number of aromatic nitrogens is 2. The Morgan fingerprint density at radius 1 is 0.933 bits per heavy atom. The molecule has 1 unspecified atom stereocenters. The van der Waals surface area contributed by atoms with Crippen molar-refractivity contribution >= 4 is 27.5 Å². The third-order valence-corrected chi connectivity index (χ3v) is 6.11. The molecule has 0 aliphatic carbocycles. The topological polar surface area (TPSA) is 63.9 Å². The summed E-state index contributed by atoms with van der Waals surface area (Å²) in [5.41, 5.74) is 6.97. The Labute approximate surface area is 173 Å². The number of hydrogen-bond donors (Lipinski definition) is 1. The van der Waals surface area contributed by atoms with Crippen LogP contribution in [0.4, 0.5) is 5.69 Å². The normalized spacial score (nSPS) is 12.5. The molecule has 0 amide bonds. The van der Waals surface area contributed by atoms with Gasteiger partial charge in [0.15, 0.2) is 0 Å². The van der Waals surface area contributed by atoms with Gasteiger partial charge in [0.25, 0.3) is 5.69 Å². The summed E-state index contributed by atoms with van der Waals surface area (Å²) in [6.07, 6.45) is 2.07. The van der Waals surface area contributed by atoms with Gasteiger partial charge in [0.2, 0.25) is 0 Å². The number of fused-ring (bicyclic) bond motifs is 2. The average Bonchev–Trinajstić information content (AvgIpc) is 3.30. The molecule has 30 heavy (non-hydrogen) atoms. The van der Waals surface area contributed by atoms with Crippen LogP contribution in [0.2, 0.25) is 0 Å². The maximum atomic E-state index is 11.2. The van der Waals surface area contributed by atoms with Crippen molar-refractivity contribution in [3.8, 4) is 0 Å². The number of aryl methyl sites for hydroxylation is 1. The molecule has 148 valence electrons. The van der Waals surface area contributed by atoms with Crippen molar-refractivity contribution in [2.24, 2.45) is 7.05 Å². The van der Waals surface area contributed by atoms with Crippen molar-refractivity contribution in [3.05, 3.63) is 111 Å². The number of benzene rings is 3. The molecule has 0 spiro atoms. The molecule has 5 heteroatoms. The number of rotatable bonds is 4. The van der Waals surface area contributed by atoms with Gasteiger partial charge in [0.05, 0.1) is 4.92 Å². The molecule has 0 aliphatic rings. The summed E-state index contributed by atoms with van der Waals surface area (Å²) in [5, 5.41) is 13.5. The highest BCUT2D eigenvalue weighted by atomic mass is 16.6. The maximum Gasteiger partial charge on any atom is 0.269 e. The number of hydrogen-bond acceptors (Lipinski definition) is 2. The van der Waals surface area contributed by atoms with E-state index in [0.717, 1.165) is 16.5 Å². The van der Waals surface area contributed by atoms with E-state index in [1.54, 1.807) is 12.1 Å². The summed E-state index contributed by atoms with van der Waals surface area (Å²) in [5.74, 6) is -0.0481. The van der Waals surface area contributed by atoms with Gasteiger partial charge < -0.3 is 9.55 Å². The number of aromatic amines is 1. The highest BCUT2D eigenvalue weighted by Crippen LogP contribution is 2.42. The van der Waals surface area contributed by atoms with Crippen molar-refractivity contribution in [3.63, 3.8) is 0 Å². The fraction of sp³-hybridized carbons (Fsp3) is 0.120. The van der Waals surface area contributed by atoms with Crippen LogP contribution < -0.4 is 0 Å². The van der Waals surface area contributed by atoms with Gasteiger partial charge in [-0.1, -0.05) is 48.5 Å². The van der Waals surface area contributed by atoms with Gasteiger partial charge in [0.1, 0.15) is 0 Å². The second-order valence-electron chi connectivity index (χ2n) is 7.65. The molecule has 0 saturated heterocycles. The SMILES string of the molecule is Cc1c(C(c2ccc([N+](=O)[O-])cc2)c2c[nH]c3ccccc23)c2ccccc2n1C. The number of nitro groups is 1. The molecule has 2 heterocycles. The number of nitro benzene ring substituents is 1. The minimum absolute atomic E-state index is 0.0481. The summed E-state index contributed by atoms with van der Waals surface area (Å²) in [7, 11) is 2.09. The highest BCUT2D eigenvalue weighted by molar-refractivity contribution is 5.90. The van der Waals surface area contributed by atoms with Crippen LogP contribution in [0.25, 0.3) is 21.8 Å². The zero-order valence-corrected chi connectivity index (χ0v) is 16.8. The first-order chi connectivity index (χ1) is 14.6. The number of nitrogens with zero attached hydrogens (tertiary/aromatic N) is 2. The Bertz CT molecular complexity index is 1390. The van der Waals surface area contributed by atoms with Crippen molar-refractivity contribution in [2.45, 2.75) is 12.8 Å². The molecular weight excluding hydrogens is 374 g/mol. The molecule has 5 aromatic rings. The Kier molecular flexibility index (Phi) is 4.17. The van der Waals surface area contributed by atoms with E-state index in [4.69, 9.17) is 0 Å². The first-order valence-electron chi connectivity index (χ1n) is 9.90. The summed E-state index contributed by atoms with van der Waals surface area (Å²) in [4.78, 5) is 14.2. The van der Waals surface area contributed by atoms with E-state index in [-0.39, 0.29) is 16.5 Å². The van der Waals surface area contributed by atoms with Gasteiger partial charge >= 0.3 is 0 Å². The Morgan fingerprint density at radius 3 is 2.33 bits per heavy atom. The van der Waals surface area contributed by atoms with Crippen molar-refractivity contribution in [1.29, 1.82) is 0 Å².